The Bertz CT molecular complexity index is 779. The summed E-state index contributed by atoms with van der Waals surface area (Å²) >= 11 is 7.08. The van der Waals surface area contributed by atoms with Gasteiger partial charge in [-0.25, -0.2) is 8.42 Å². The van der Waals surface area contributed by atoms with E-state index in [-0.39, 0.29) is 10.6 Å². The van der Waals surface area contributed by atoms with Gasteiger partial charge in [0.2, 0.25) is 10.0 Å². The van der Waals surface area contributed by atoms with Crippen molar-refractivity contribution in [2.24, 2.45) is 0 Å². The molecule has 8 heteroatoms. The standard InChI is InChI=1S/C16H16ClNO4S2/c17-13-6-8-14(9-7-13)24(21,22)18-15(16(19)20)11-23-10-12-4-2-1-3-5-12/h1-9,15,18H,10-11H2,(H,19,20)/t15-/m1/s1. The molecule has 0 bridgehead atoms. The fraction of sp³-hybridized carbons (Fsp3) is 0.188. The molecule has 0 heterocycles. The van der Waals surface area contributed by atoms with Crippen LogP contribution in [-0.2, 0) is 20.6 Å². The lowest BCUT2D eigenvalue weighted by atomic mass is 10.2. The number of hydrogen-bond acceptors (Lipinski definition) is 4. The van der Waals surface area contributed by atoms with Crippen LogP contribution in [0.2, 0.25) is 5.02 Å². The third-order valence-corrected chi connectivity index (χ3v) is 5.96. The molecule has 2 N–H and O–H groups in total. The second-order valence-electron chi connectivity index (χ2n) is 4.97. The topological polar surface area (TPSA) is 83.5 Å². The van der Waals surface area contributed by atoms with Crippen LogP contribution < -0.4 is 4.72 Å². The van der Waals surface area contributed by atoms with Crippen LogP contribution in [0.3, 0.4) is 0 Å². The van der Waals surface area contributed by atoms with Gasteiger partial charge in [0.25, 0.3) is 0 Å². The largest absolute Gasteiger partial charge is 0.480 e. The minimum Gasteiger partial charge on any atom is -0.480 e. The highest BCUT2D eigenvalue weighted by atomic mass is 35.5. The van der Waals surface area contributed by atoms with Crippen molar-refractivity contribution in [2.45, 2.75) is 16.7 Å². The molecule has 0 saturated carbocycles. The number of halogens is 1. The van der Waals surface area contributed by atoms with Gasteiger partial charge in [-0.3, -0.25) is 4.79 Å². The van der Waals surface area contributed by atoms with Crippen molar-refractivity contribution in [1.82, 2.24) is 4.72 Å². The van der Waals surface area contributed by atoms with Gasteiger partial charge in [0.1, 0.15) is 6.04 Å². The molecular weight excluding hydrogens is 370 g/mol. The fourth-order valence-electron chi connectivity index (χ4n) is 1.89. The number of nitrogens with one attached hydrogen (secondary N) is 1. The summed E-state index contributed by atoms with van der Waals surface area (Å²) in [6, 6.07) is 13.9. The third-order valence-electron chi connectivity index (χ3n) is 3.12. The monoisotopic (exact) mass is 385 g/mol. The van der Waals surface area contributed by atoms with Gasteiger partial charge in [-0.05, 0) is 29.8 Å². The normalized spacial score (nSPS) is 12.7. The number of carbonyl (C=O) groups is 1. The number of rotatable bonds is 8. The first-order valence-corrected chi connectivity index (χ1v) is 10.0. The van der Waals surface area contributed by atoms with Crippen molar-refractivity contribution in [3.8, 4) is 0 Å². The molecule has 24 heavy (non-hydrogen) atoms. The van der Waals surface area contributed by atoms with E-state index in [1.54, 1.807) is 0 Å². The van der Waals surface area contributed by atoms with Crippen molar-refractivity contribution in [1.29, 1.82) is 0 Å². The van der Waals surface area contributed by atoms with Gasteiger partial charge in [0, 0.05) is 16.5 Å². The number of aliphatic carboxylic acids is 1. The molecule has 0 aliphatic heterocycles. The van der Waals surface area contributed by atoms with Gasteiger partial charge in [-0.2, -0.15) is 16.5 Å². The zero-order valence-electron chi connectivity index (χ0n) is 12.6. The molecule has 0 fully saturated rings. The molecular formula is C16H16ClNO4S2. The zero-order valence-corrected chi connectivity index (χ0v) is 14.9. The Morgan fingerprint density at radius 1 is 1.12 bits per heavy atom. The first-order chi connectivity index (χ1) is 11.4. The van der Waals surface area contributed by atoms with Crippen LogP contribution in [0.25, 0.3) is 0 Å². The lowest BCUT2D eigenvalue weighted by Crippen LogP contribution is -2.42. The van der Waals surface area contributed by atoms with E-state index >= 15 is 0 Å². The smallest absolute Gasteiger partial charge is 0.322 e. The number of sulfonamides is 1. The maximum absolute atomic E-state index is 12.3. The van der Waals surface area contributed by atoms with E-state index in [1.165, 1.54) is 36.0 Å². The number of hydrogen-bond donors (Lipinski definition) is 2. The van der Waals surface area contributed by atoms with Crippen LogP contribution in [0.4, 0.5) is 0 Å². The molecule has 0 spiro atoms. The molecule has 2 aromatic carbocycles. The summed E-state index contributed by atoms with van der Waals surface area (Å²) in [6.45, 7) is 0. The van der Waals surface area contributed by atoms with Gasteiger partial charge >= 0.3 is 5.97 Å². The maximum atomic E-state index is 12.3. The Hall–Kier alpha value is -1.54. The number of thioether (sulfide) groups is 1. The minimum atomic E-state index is -3.92. The first kappa shape index (κ1) is 18.8. The number of carboxylic acids is 1. The number of carboxylic acid groups (broad SMARTS) is 1. The van der Waals surface area contributed by atoms with Crippen LogP contribution in [0.5, 0.6) is 0 Å². The molecule has 0 unspecified atom stereocenters. The van der Waals surface area contributed by atoms with Crippen LogP contribution >= 0.6 is 23.4 Å². The highest BCUT2D eigenvalue weighted by Crippen LogP contribution is 2.17. The Labute approximate surface area is 150 Å². The second kappa shape index (κ2) is 8.53. The fourth-order valence-corrected chi connectivity index (χ4v) is 4.32. The predicted molar refractivity (Wildman–Crippen MR) is 95.8 cm³/mol. The average molecular weight is 386 g/mol. The van der Waals surface area contributed by atoms with Gasteiger partial charge in [-0.15, -0.1) is 0 Å². The second-order valence-corrected chi connectivity index (χ2v) is 8.15. The quantitative estimate of drug-likeness (QED) is 0.729. The van der Waals surface area contributed by atoms with Crippen molar-refractivity contribution in [3.05, 3.63) is 65.2 Å². The van der Waals surface area contributed by atoms with Gasteiger partial charge < -0.3 is 5.11 Å². The maximum Gasteiger partial charge on any atom is 0.322 e. The Morgan fingerprint density at radius 2 is 1.75 bits per heavy atom. The molecule has 0 amide bonds. The minimum absolute atomic E-state index is 0.0220. The van der Waals surface area contributed by atoms with Crippen molar-refractivity contribution in [2.75, 3.05) is 5.75 Å². The van der Waals surface area contributed by atoms with Crippen molar-refractivity contribution in [3.63, 3.8) is 0 Å². The van der Waals surface area contributed by atoms with Crippen molar-refractivity contribution >= 4 is 39.4 Å². The number of benzene rings is 2. The van der Waals surface area contributed by atoms with Crippen molar-refractivity contribution < 1.29 is 18.3 Å². The lowest BCUT2D eigenvalue weighted by molar-refractivity contribution is -0.138. The van der Waals surface area contributed by atoms with Gasteiger partial charge in [0.15, 0.2) is 0 Å². The van der Waals surface area contributed by atoms with E-state index < -0.39 is 22.0 Å². The summed E-state index contributed by atoms with van der Waals surface area (Å²) in [6.07, 6.45) is 0. The molecule has 0 aromatic heterocycles. The molecule has 0 saturated heterocycles. The van der Waals surface area contributed by atoms with E-state index in [0.717, 1.165) is 5.56 Å². The van der Waals surface area contributed by atoms with Crippen LogP contribution in [0, 0.1) is 0 Å². The van der Waals surface area contributed by atoms with Gasteiger partial charge in [0.05, 0.1) is 4.90 Å². The summed E-state index contributed by atoms with van der Waals surface area (Å²) in [7, 11) is -3.92. The molecule has 0 aliphatic carbocycles. The predicted octanol–water partition coefficient (Wildman–Crippen LogP) is 3.00. The zero-order chi connectivity index (χ0) is 17.6. The summed E-state index contributed by atoms with van der Waals surface area (Å²) in [5.41, 5.74) is 1.05. The average Bonchev–Trinajstić information content (AvgIpc) is 2.55. The molecule has 128 valence electrons. The summed E-state index contributed by atoms with van der Waals surface area (Å²) in [5, 5.41) is 9.67. The van der Waals surface area contributed by atoms with E-state index in [4.69, 9.17) is 11.6 Å². The Balaban J connectivity index is 2.00. The molecule has 1 atom stereocenters. The van der Waals surface area contributed by atoms with Gasteiger partial charge in [-0.1, -0.05) is 41.9 Å². The van der Waals surface area contributed by atoms with Crippen LogP contribution in [0.1, 0.15) is 5.56 Å². The SMILES string of the molecule is O=C(O)[C@@H](CSCc1ccccc1)NS(=O)(=O)c1ccc(Cl)cc1. The molecule has 2 rings (SSSR count). The first-order valence-electron chi connectivity index (χ1n) is 7.01. The summed E-state index contributed by atoms with van der Waals surface area (Å²) < 4.78 is 26.8. The molecule has 5 nitrogen and oxygen atoms in total. The van der Waals surface area contributed by atoms with Crippen LogP contribution in [0.15, 0.2) is 59.5 Å². The van der Waals surface area contributed by atoms with E-state index in [0.29, 0.717) is 10.8 Å². The van der Waals surface area contributed by atoms with E-state index in [1.807, 2.05) is 30.3 Å². The lowest BCUT2D eigenvalue weighted by Gasteiger charge is -2.14. The Morgan fingerprint density at radius 3 is 2.33 bits per heavy atom. The van der Waals surface area contributed by atoms with Crippen LogP contribution in [-0.4, -0.2) is 31.3 Å². The summed E-state index contributed by atoms with van der Waals surface area (Å²) in [5.74, 6) is -0.488. The highest BCUT2D eigenvalue weighted by Gasteiger charge is 2.25. The molecule has 0 radical (unpaired) electrons. The highest BCUT2D eigenvalue weighted by molar-refractivity contribution is 7.98. The Kier molecular flexibility index (Phi) is 6.68. The third kappa shape index (κ3) is 5.52. The van der Waals surface area contributed by atoms with E-state index in [9.17, 15) is 18.3 Å². The van der Waals surface area contributed by atoms with E-state index in [2.05, 4.69) is 4.72 Å². The molecule has 2 aromatic rings. The molecule has 0 aliphatic rings. The summed E-state index contributed by atoms with van der Waals surface area (Å²) in [4.78, 5) is 11.3.